The molecule has 0 unspecified atom stereocenters. The molecule has 1 aliphatic rings. The lowest BCUT2D eigenvalue weighted by Gasteiger charge is -2.32. The van der Waals surface area contributed by atoms with Crippen LogP contribution in [-0.4, -0.2) is 53.6 Å². The van der Waals surface area contributed by atoms with Crippen molar-refractivity contribution in [3.8, 4) is 0 Å². The summed E-state index contributed by atoms with van der Waals surface area (Å²) in [5, 5.41) is 3.36. The van der Waals surface area contributed by atoms with Crippen LogP contribution in [0.4, 0.5) is 5.95 Å². The van der Waals surface area contributed by atoms with Gasteiger partial charge in [0.15, 0.2) is 0 Å². The Bertz CT molecular complexity index is 497. The van der Waals surface area contributed by atoms with E-state index in [2.05, 4.69) is 52.9 Å². The van der Waals surface area contributed by atoms with Crippen molar-refractivity contribution in [2.75, 3.05) is 38.1 Å². The normalized spacial score (nSPS) is 17.5. The van der Waals surface area contributed by atoms with E-state index in [4.69, 9.17) is 0 Å². The van der Waals surface area contributed by atoms with Gasteiger partial charge in [-0.05, 0) is 27.8 Å². The van der Waals surface area contributed by atoms with E-state index in [0.717, 1.165) is 31.9 Å². The average Bonchev–Trinajstić information content (AvgIpc) is 2.36. The van der Waals surface area contributed by atoms with Gasteiger partial charge in [-0.3, -0.25) is 9.78 Å². The molecule has 2 rings (SSSR count). The van der Waals surface area contributed by atoms with Gasteiger partial charge in [-0.15, -0.1) is 0 Å². The molecule has 1 saturated heterocycles. The minimum Gasteiger partial charge on any atom is -0.340 e. The van der Waals surface area contributed by atoms with E-state index in [1.165, 1.54) is 0 Å². The fourth-order valence-corrected chi connectivity index (χ4v) is 2.11. The summed E-state index contributed by atoms with van der Waals surface area (Å²) in [7, 11) is 2.11. The van der Waals surface area contributed by atoms with E-state index in [1.54, 1.807) is 6.07 Å². The number of aromatic nitrogens is 2. The van der Waals surface area contributed by atoms with Crippen molar-refractivity contribution in [3.63, 3.8) is 0 Å². The highest BCUT2D eigenvalue weighted by molar-refractivity contribution is 5.31. The summed E-state index contributed by atoms with van der Waals surface area (Å²) in [5.74, 6) is 0.691. The molecule has 2 N–H and O–H groups in total. The lowest BCUT2D eigenvalue weighted by Crippen LogP contribution is -2.45. The zero-order valence-electron chi connectivity index (χ0n) is 12.9. The molecule has 1 aromatic rings. The number of H-pyrrole nitrogens is 1. The topological polar surface area (TPSA) is 64.3 Å². The van der Waals surface area contributed by atoms with Crippen LogP contribution in [0.2, 0.25) is 0 Å². The number of nitrogens with one attached hydrogen (secondary N) is 2. The Kier molecular flexibility index (Phi) is 4.45. The summed E-state index contributed by atoms with van der Waals surface area (Å²) in [6, 6.07) is 1.57. The first-order valence-corrected chi connectivity index (χ1v) is 7.12. The molecule has 2 heterocycles. The number of likely N-dealkylation sites (N-methyl/N-ethyl adjacent to an activating group) is 1. The highest BCUT2D eigenvalue weighted by atomic mass is 16.1. The molecule has 6 heteroatoms. The second-order valence-corrected chi connectivity index (χ2v) is 6.45. The number of nitrogens with zero attached hydrogens (tertiary/aromatic N) is 3. The van der Waals surface area contributed by atoms with Crippen LogP contribution >= 0.6 is 0 Å². The van der Waals surface area contributed by atoms with Crippen LogP contribution in [0.3, 0.4) is 0 Å². The number of hydrogen-bond acceptors (Lipinski definition) is 5. The maximum absolute atomic E-state index is 11.8. The predicted molar refractivity (Wildman–Crippen MR) is 81.2 cm³/mol. The van der Waals surface area contributed by atoms with Crippen LogP contribution in [0.5, 0.6) is 0 Å². The molecule has 0 spiro atoms. The Morgan fingerprint density at radius 2 is 1.95 bits per heavy atom. The molecule has 0 aliphatic carbocycles. The second kappa shape index (κ2) is 5.93. The van der Waals surface area contributed by atoms with Crippen LogP contribution in [0, 0.1) is 0 Å². The van der Waals surface area contributed by atoms with E-state index < -0.39 is 0 Å². The summed E-state index contributed by atoms with van der Waals surface area (Å²) in [6.45, 7) is 10.7. The van der Waals surface area contributed by atoms with Gasteiger partial charge in [-0.25, -0.2) is 4.98 Å². The van der Waals surface area contributed by atoms with Crippen molar-refractivity contribution in [2.45, 2.75) is 32.9 Å². The maximum Gasteiger partial charge on any atom is 0.252 e. The van der Waals surface area contributed by atoms with E-state index in [-0.39, 0.29) is 11.1 Å². The van der Waals surface area contributed by atoms with Crippen LogP contribution < -0.4 is 15.8 Å². The Morgan fingerprint density at radius 1 is 1.30 bits per heavy atom. The molecule has 0 atom stereocenters. The van der Waals surface area contributed by atoms with Crippen molar-refractivity contribution in [3.05, 3.63) is 22.1 Å². The highest BCUT2D eigenvalue weighted by Gasteiger charge is 2.17. The molecule has 0 amide bonds. The number of rotatable bonds is 3. The number of aromatic amines is 1. The zero-order chi connectivity index (χ0) is 14.8. The zero-order valence-corrected chi connectivity index (χ0v) is 12.9. The monoisotopic (exact) mass is 279 g/mol. The summed E-state index contributed by atoms with van der Waals surface area (Å²) in [6.07, 6.45) is 0. The van der Waals surface area contributed by atoms with Gasteiger partial charge in [0.05, 0.1) is 5.69 Å². The molecule has 1 fully saturated rings. The van der Waals surface area contributed by atoms with Crippen molar-refractivity contribution in [1.82, 2.24) is 20.2 Å². The Morgan fingerprint density at radius 3 is 2.55 bits per heavy atom. The Labute approximate surface area is 120 Å². The van der Waals surface area contributed by atoms with Gasteiger partial charge in [-0.1, -0.05) is 0 Å². The molecule has 0 bridgehead atoms. The third-order valence-corrected chi connectivity index (χ3v) is 3.38. The number of piperazine rings is 1. The molecule has 6 nitrogen and oxygen atoms in total. The van der Waals surface area contributed by atoms with Gasteiger partial charge >= 0.3 is 0 Å². The van der Waals surface area contributed by atoms with Crippen molar-refractivity contribution >= 4 is 5.95 Å². The van der Waals surface area contributed by atoms with Crippen LogP contribution in [0.1, 0.15) is 26.5 Å². The number of hydrogen-bond donors (Lipinski definition) is 2. The third-order valence-electron chi connectivity index (χ3n) is 3.38. The van der Waals surface area contributed by atoms with Gasteiger partial charge in [0.25, 0.3) is 5.56 Å². The standard InChI is InChI=1S/C14H25N5O/c1-14(2,3)15-10-11-9-12(20)17-13(16-11)19-7-5-18(4)6-8-19/h9,15H,5-8,10H2,1-4H3,(H,16,17,20). The lowest BCUT2D eigenvalue weighted by atomic mass is 10.1. The molecular formula is C14H25N5O. The van der Waals surface area contributed by atoms with Crippen molar-refractivity contribution in [2.24, 2.45) is 0 Å². The first-order valence-electron chi connectivity index (χ1n) is 7.12. The summed E-state index contributed by atoms with van der Waals surface area (Å²) in [5.41, 5.74) is 0.718. The largest absolute Gasteiger partial charge is 0.340 e. The highest BCUT2D eigenvalue weighted by Crippen LogP contribution is 2.09. The van der Waals surface area contributed by atoms with Crippen LogP contribution in [0.15, 0.2) is 10.9 Å². The smallest absolute Gasteiger partial charge is 0.252 e. The van der Waals surface area contributed by atoms with Gasteiger partial charge < -0.3 is 15.1 Å². The third kappa shape index (κ3) is 4.31. The van der Waals surface area contributed by atoms with E-state index in [9.17, 15) is 4.79 Å². The molecule has 0 saturated carbocycles. The summed E-state index contributed by atoms with van der Waals surface area (Å²) >= 11 is 0. The minimum atomic E-state index is -0.0837. The van der Waals surface area contributed by atoms with Crippen molar-refractivity contribution in [1.29, 1.82) is 0 Å². The molecule has 1 aliphatic heterocycles. The molecule has 1 aromatic heterocycles. The minimum absolute atomic E-state index is 0.0122. The Balaban J connectivity index is 2.10. The first-order chi connectivity index (χ1) is 9.33. The summed E-state index contributed by atoms with van der Waals surface area (Å²) < 4.78 is 0. The average molecular weight is 279 g/mol. The number of anilines is 1. The fraction of sp³-hybridized carbons (Fsp3) is 0.714. The van der Waals surface area contributed by atoms with Gasteiger partial charge in [0.2, 0.25) is 5.95 Å². The first kappa shape index (κ1) is 15.0. The molecule has 20 heavy (non-hydrogen) atoms. The predicted octanol–water partition coefficient (Wildman–Crippen LogP) is 0.410. The molecule has 112 valence electrons. The van der Waals surface area contributed by atoms with E-state index in [1.807, 2.05) is 0 Å². The van der Waals surface area contributed by atoms with E-state index in [0.29, 0.717) is 12.5 Å². The quantitative estimate of drug-likeness (QED) is 0.839. The van der Waals surface area contributed by atoms with Gasteiger partial charge in [0, 0.05) is 44.3 Å². The van der Waals surface area contributed by atoms with Crippen molar-refractivity contribution < 1.29 is 0 Å². The SMILES string of the molecule is CN1CCN(c2nc(CNC(C)(C)C)cc(=O)[nH]2)CC1. The van der Waals surface area contributed by atoms with Crippen LogP contribution in [-0.2, 0) is 6.54 Å². The lowest BCUT2D eigenvalue weighted by molar-refractivity contribution is 0.311. The Hall–Kier alpha value is -1.40. The van der Waals surface area contributed by atoms with Crippen LogP contribution in [0.25, 0.3) is 0 Å². The van der Waals surface area contributed by atoms with E-state index >= 15 is 0 Å². The fourth-order valence-electron chi connectivity index (χ4n) is 2.11. The molecule has 0 radical (unpaired) electrons. The summed E-state index contributed by atoms with van der Waals surface area (Å²) in [4.78, 5) is 23.6. The molecule has 0 aromatic carbocycles. The second-order valence-electron chi connectivity index (χ2n) is 6.45. The van der Waals surface area contributed by atoms with Gasteiger partial charge in [-0.2, -0.15) is 0 Å². The maximum atomic E-state index is 11.8. The molecular weight excluding hydrogens is 254 g/mol. The van der Waals surface area contributed by atoms with Gasteiger partial charge in [0.1, 0.15) is 0 Å².